The number of ether oxygens (including phenoxy) is 2. The summed E-state index contributed by atoms with van der Waals surface area (Å²) < 4.78 is 24.4. The molecule has 0 spiro atoms. The van der Waals surface area contributed by atoms with Crippen molar-refractivity contribution in [2.75, 3.05) is 13.2 Å². The first-order valence-corrected chi connectivity index (χ1v) is 10.9. The van der Waals surface area contributed by atoms with Crippen molar-refractivity contribution >= 4 is 27.8 Å². The molecule has 0 bridgehead atoms. The predicted octanol–water partition coefficient (Wildman–Crippen LogP) is 1.14. The van der Waals surface area contributed by atoms with Crippen molar-refractivity contribution < 1.29 is 28.6 Å². The number of rotatable bonds is 7. The van der Waals surface area contributed by atoms with Gasteiger partial charge in [-0.3, -0.25) is 4.79 Å². The van der Waals surface area contributed by atoms with Gasteiger partial charge in [-0.05, 0) is 51.8 Å². The van der Waals surface area contributed by atoms with E-state index in [1.807, 2.05) is 0 Å². The van der Waals surface area contributed by atoms with Gasteiger partial charge in [0, 0.05) is 6.54 Å². The first-order valence-electron chi connectivity index (χ1n) is 10.1. The number of hydrogen-bond acceptors (Lipinski definition) is 9. The third-order valence-corrected chi connectivity index (χ3v) is 5.41. The zero-order valence-electron chi connectivity index (χ0n) is 17.8. The minimum Gasteiger partial charge on any atom is -0.479 e. The van der Waals surface area contributed by atoms with Crippen LogP contribution < -0.4 is 5.32 Å². The van der Waals surface area contributed by atoms with Crippen LogP contribution in [-0.4, -0.2) is 72.6 Å². The number of nitrogens with one attached hydrogen (secondary N) is 1. The Hall–Kier alpha value is -3.36. The standard InChI is InChI=1S/C20H19BrFN7O5/c1-10-24-15(5-16(25-10)19(30)23-6-11-2-3-14(22)13(21)4-11)18-26-28-29(27-18)7-12-8-34-17(9-33-12)20(31)32/h2-5,12,17H,6-9H2,1H3,(H,23,30)(H,31,32). The van der Waals surface area contributed by atoms with Crippen LogP contribution in [-0.2, 0) is 27.4 Å². The minimum absolute atomic E-state index is 0.0694. The van der Waals surface area contributed by atoms with Gasteiger partial charge in [0.1, 0.15) is 29.1 Å². The lowest BCUT2D eigenvalue weighted by Crippen LogP contribution is -2.42. The summed E-state index contributed by atoms with van der Waals surface area (Å²) in [5.41, 5.74) is 1.13. The number of aryl methyl sites for hydroxylation is 1. The summed E-state index contributed by atoms with van der Waals surface area (Å²) in [6.45, 7) is 2.02. The number of carboxylic acid groups (broad SMARTS) is 1. The Morgan fingerprint density at radius 1 is 1.26 bits per heavy atom. The predicted molar refractivity (Wildman–Crippen MR) is 116 cm³/mol. The van der Waals surface area contributed by atoms with Crippen molar-refractivity contribution in [2.24, 2.45) is 0 Å². The van der Waals surface area contributed by atoms with Crippen LogP contribution in [0.15, 0.2) is 28.7 Å². The molecule has 12 nitrogen and oxygen atoms in total. The molecule has 2 N–H and O–H groups in total. The quantitative estimate of drug-likeness (QED) is 0.449. The van der Waals surface area contributed by atoms with E-state index in [4.69, 9.17) is 14.6 Å². The largest absolute Gasteiger partial charge is 0.479 e. The second kappa shape index (κ2) is 10.3. The second-order valence-corrected chi connectivity index (χ2v) is 8.25. The van der Waals surface area contributed by atoms with Gasteiger partial charge in [0.05, 0.1) is 24.2 Å². The molecule has 1 amide bonds. The lowest BCUT2D eigenvalue weighted by molar-refractivity contribution is -0.177. The normalized spacial score (nSPS) is 18.0. The summed E-state index contributed by atoms with van der Waals surface area (Å²) >= 11 is 3.12. The number of carboxylic acids is 1. The van der Waals surface area contributed by atoms with Crippen LogP contribution in [0.3, 0.4) is 0 Å². The fourth-order valence-electron chi connectivity index (χ4n) is 3.12. The Morgan fingerprint density at radius 3 is 2.79 bits per heavy atom. The van der Waals surface area contributed by atoms with Crippen LogP contribution in [0.25, 0.3) is 11.5 Å². The molecule has 1 aliphatic rings. The zero-order chi connectivity index (χ0) is 24.2. The van der Waals surface area contributed by atoms with Crippen LogP contribution in [0.4, 0.5) is 4.39 Å². The van der Waals surface area contributed by atoms with Crippen molar-refractivity contribution in [3.63, 3.8) is 0 Å². The number of carbonyl (C=O) groups excluding carboxylic acids is 1. The maximum Gasteiger partial charge on any atom is 0.335 e. The van der Waals surface area contributed by atoms with E-state index in [-0.39, 0.29) is 37.8 Å². The van der Waals surface area contributed by atoms with Gasteiger partial charge in [0.2, 0.25) is 5.82 Å². The van der Waals surface area contributed by atoms with Gasteiger partial charge in [-0.15, -0.1) is 10.2 Å². The molecule has 0 saturated carbocycles. The van der Waals surface area contributed by atoms with E-state index in [1.165, 1.54) is 16.9 Å². The number of aliphatic carboxylic acids is 1. The molecule has 0 aliphatic carbocycles. The van der Waals surface area contributed by atoms with E-state index < -0.39 is 29.9 Å². The van der Waals surface area contributed by atoms with Gasteiger partial charge < -0.3 is 19.9 Å². The third-order valence-electron chi connectivity index (χ3n) is 4.80. The molecule has 3 aromatic rings. The van der Waals surface area contributed by atoms with Gasteiger partial charge in [-0.2, -0.15) is 4.80 Å². The van der Waals surface area contributed by atoms with Gasteiger partial charge in [-0.25, -0.2) is 19.2 Å². The fourth-order valence-corrected chi connectivity index (χ4v) is 3.54. The van der Waals surface area contributed by atoms with Crippen LogP contribution in [0.2, 0.25) is 0 Å². The lowest BCUT2D eigenvalue weighted by Gasteiger charge is -2.26. The molecule has 2 atom stereocenters. The van der Waals surface area contributed by atoms with Crippen LogP contribution in [0.1, 0.15) is 21.9 Å². The van der Waals surface area contributed by atoms with E-state index >= 15 is 0 Å². The zero-order valence-corrected chi connectivity index (χ0v) is 19.4. The molecule has 3 heterocycles. The Balaban J connectivity index is 1.41. The van der Waals surface area contributed by atoms with E-state index in [1.54, 1.807) is 19.1 Å². The molecule has 4 rings (SSSR count). The maximum atomic E-state index is 13.4. The van der Waals surface area contributed by atoms with E-state index in [0.717, 1.165) is 0 Å². The number of hydrogen-bond donors (Lipinski definition) is 2. The molecule has 178 valence electrons. The number of amides is 1. The minimum atomic E-state index is -1.08. The van der Waals surface area contributed by atoms with Crippen LogP contribution in [0.5, 0.6) is 0 Å². The van der Waals surface area contributed by atoms with Gasteiger partial charge in [0.15, 0.2) is 6.10 Å². The Kier molecular flexibility index (Phi) is 7.19. The van der Waals surface area contributed by atoms with E-state index in [0.29, 0.717) is 21.6 Å². The van der Waals surface area contributed by atoms with Crippen molar-refractivity contribution in [3.8, 4) is 11.5 Å². The molecule has 14 heteroatoms. The Morgan fingerprint density at radius 2 is 2.09 bits per heavy atom. The fraction of sp³-hybridized carbons (Fsp3) is 0.350. The summed E-state index contributed by atoms with van der Waals surface area (Å²) in [7, 11) is 0. The van der Waals surface area contributed by atoms with Crippen molar-refractivity contribution in [1.29, 1.82) is 0 Å². The highest BCUT2D eigenvalue weighted by molar-refractivity contribution is 9.10. The summed E-state index contributed by atoms with van der Waals surface area (Å²) in [6, 6.07) is 5.91. The summed E-state index contributed by atoms with van der Waals surface area (Å²) in [6.07, 6.45) is -1.42. The summed E-state index contributed by atoms with van der Waals surface area (Å²) in [4.78, 5) is 33.3. The molecule has 34 heavy (non-hydrogen) atoms. The first-order chi connectivity index (χ1) is 16.3. The molecule has 1 aromatic carbocycles. The topological polar surface area (TPSA) is 154 Å². The SMILES string of the molecule is Cc1nc(C(=O)NCc2ccc(F)c(Br)c2)cc(-c2nnn(CC3COC(C(=O)O)CO3)n2)n1. The molecular weight excluding hydrogens is 517 g/mol. The molecule has 2 unspecified atom stereocenters. The first kappa shape index (κ1) is 23.8. The van der Waals surface area contributed by atoms with Crippen molar-refractivity contribution in [1.82, 2.24) is 35.5 Å². The molecule has 2 aromatic heterocycles. The lowest BCUT2D eigenvalue weighted by atomic mass is 10.2. The van der Waals surface area contributed by atoms with Crippen molar-refractivity contribution in [3.05, 3.63) is 51.6 Å². The highest BCUT2D eigenvalue weighted by Gasteiger charge is 2.28. The number of halogens is 2. The molecular formula is C20H19BrFN7O5. The number of benzene rings is 1. The summed E-state index contributed by atoms with van der Waals surface area (Å²) in [5.74, 6) is -1.39. The second-order valence-electron chi connectivity index (χ2n) is 7.40. The number of tetrazole rings is 1. The highest BCUT2D eigenvalue weighted by Crippen LogP contribution is 2.17. The van der Waals surface area contributed by atoms with Gasteiger partial charge in [0.25, 0.3) is 5.91 Å². The average molecular weight is 536 g/mol. The number of nitrogens with zero attached hydrogens (tertiary/aromatic N) is 6. The van der Waals surface area contributed by atoms with Crippen LogP contribution >= 0.6 is 15.9 Å². The Bertz CT molecular complexity index is 1220. The smallest absolute Gasteiger partial charge is 0.335 e. The summed E-state index contributed by atoms with van der Waals surface area (Å²) in [5, 5.41) is 23.9. The average Bonchev–Trinajstić information content (AvgIpc) is 3.28. The third kappa shape index (κ3) is 5.76. The molecule has 1 aliphatic heterocycles. The van der Waals surface area contributed by atoms with E-state index in [2.05, 4.69) is 46.6 Å². The number of carbonyl (C=O) groups is 2. The van der Waals surface area contributed by atoms with Gasteiger partial charge >= 0.3 is 5.97 Å². The molecule has 1 fully saturated rings. The molecule has 1 saturated heterocycles. The van der Waals surface area contributed by atoms with Gasteiger partial charge in [-0.1, -0.05) is 6.07 Å². The molecule has 0 radical (unpaired) electrons. The van der Waals surface area contributed by atoms with E-state index in [9.17, 15) is 14.0 Å². The van der Waals surface area contributed by atoms with Crippen LogP contribution in [0, 0.1) is 12.7 Å². The maximum absolute atomic E-state index is 13.4. The number of aromatic nitrogens is 6. The highest BCUT2D eigenvalue weighted by atomic mass is 79.9. The Labute approximate surface area is 200 Å². The monoisotopic (exact) mass is 535 g/mol. The van der Waals surface area contributed by atoms with Crippen molar-refractivity contribution in [2.45, 2.75) is 32.2 Å².